The van der Waals surface area contributed by atoms with Gasteiger partial charge >= 0.3 is 0 Å². The van der Waals surface area contributed by atoms with Gasteiger partial charge in [0.15, 0.2) is 5.78 Å². The van der Waals surface area contributed by atoms with E-state index < -0.39 is 0 Å². The second kappa shape index (κ2) is 6.65. The minimum Gasteiger partial charge on any atom is -0.411 e. The first-order chi connectivity index (χ1) is 11.5. The molecule has 0 saturated heterocycles. The molecule has 1 aromatic carbocycles. The largest absolute Gasteiger partial charge is 0.411 e. The van der Waals surface area contributed by atoms with Crippen molar-refractivity contribution in [1.82, 2.24) is 14.8 Å². The van der Waals surface area contributed by atoms with Gasteiger partial charge in [-0.05, 0) is 39.0 Å². The van der Waals surface area contributed by atoms with Gasteiger partial charge in [-0.25, -0.2) is 0 Å². The van der Waals surface area contributed by atoms with Crippen LogP contribution in [0.4, 0.5) is 0 Å². The van der Waals surface area contributed by atoms with E-state index >= 15 is 0 Å². The number of rotatable bonds is 5. The zero-order chi connectivity index (χ0) is 17.3. The van der Waals surface area contributed by atoms with Gasteiger partial charge in [-0.1, -0.05) is 29.5 Å². The molecule has 0 atom stereocenters. The van der Waals surface area contributed by atoms with Crippen molar-refractivity contribution in [3.8, 4) is 11.5 Å². The Morgan fingerprint density at radius 1 is 1.21 bits per heavy atom. The van der Waals surface area contributed by atoms with Crippen LogP contribution in [0.5, 0.6) is 0 Å². The Bertz CT molecular complexity index is 896. The molecule has 0 bridgehead atoms. The lowest BCUT2D eigenvalue weighted by atomic mass is 10.1. The van der Waals surface area contributed by atoms with E-state index in [1.807, 2.05) is 62.7 Å². The number of carbonyl (C=O) groups excluding carboxylic acids is 1. The van der Waals surface area contributed by atoms with E-state index in [9.17, 15) is 4.79 Å². The summed E-state index contributed by atoms with van der Waals surface area (Å²) in [6.07, 6.45) is 0. The highest BCUT2D eigenvalue weighted by Gasteiger charge is 2.16. The van der Waals surface area contributed by atoms with E-state index in [2.05, 4.69) is 10.2 Å². The van der Waals surface area contributed by atoms with E-state index in [1.54, 1.807) is 0 Å². The lowest BCUT2D eigenvalue weighted by molar-refractivity contribution is 0.102. The summed E-state index contributed by atoms with van der Waals surface area (Å²) in [6.45, 7) is 5.95. The van der Waals surface area contributed by atoms with Crippen LogP contribution in [0.3, 0.4) is 0 Å². The third-order valence-corrected chi connectivity index (χ3v) is 4.89. The van der Waals surface area contributed by atoms with Crippen LogP contribution in [0.15, 0.2) is 40.0 Å². The van der Waals surface area contributed by atoms with E-state index in [1.165, 1.54) is 11.8 Å². The SMILES string of the molecule is Cc1cccc(-c2nnc(SCC(=O)c3cc(C)n(C)c3C)o2)c1. The van der Waals surface area contributed by atoms with Crippen molar-refractivity contribution in [1.29, 1.82) is 0 Å². The minimum atomic E-state index is 0.0662. The molecule has 124 valence electrons. The van der Waals surface area contributed by atoms with Crippen molar-refractivity contribution >= 4 is 17.5 Å². The highest BCUT2D eigenvalue weighted by atomic mass is 32.2. The van der Waals surface area contributed by atoms with Crippen molar-refractivity contribution in [2.24, 2.45) is 7.05 Å². The number of ketones is 1. The minimum absolute atomic E-state index is 0.0662. The molecule has 24 heavy (non-hydrogen) atoms. The maximum Gasteiger partial charge on any atom is 0.277 e. The molecule has 5 nitrogen and oxygen atoms in total. The molecule has 6 heteroatoms. The number of benzene rings is 1. The Balaban J connectivity index is 1.69. The van der Waals surface area contributed by atoms with E-state index in [4.69, 9.17) is 4.42 Å². The lowest BCUT2D eigenvalue weighted by Gasteiger charge is -2.01. The Kier molecular flexibility index (Phi) is 4.57. The zero-order valence-corrected chi connectivity index (χ0v) is 15.0. The predicted octanol–water partition coefficient (Wildman–Crippen LogP) is 3.98. The Morgan fingerprint density at radius 3 is 2.67 bits per heavy atom. The van der Waals surface area contributed by atoms with Crippen LogP contribution in [0, 0.1) is 20.8 Å². The Labute approximate surface area is 145 Å². The first-order valence-corrected chi connectivity index (χ1v) is 8.63. The van der Waals surface area contributed by atoms with Gasteiger partial charge in [-0.15, -0.1) is 10.2 Å². The average Bonchev–Trinajstić information content (AvgIpc) is 3.13. The van der Waals surface area contributed by atoms with Crippen LogP contribution < -0.4 is 0 Å². The molecular formula is C18H19N3O2S. The van der Waals surface area contributed by atoms with Gasteiger partial charge in [0.05, 0.1) is 5.75 Å². The molecule has 0 aliphatic heterocycles. The fourth-order valence-corrected chi connectivity index (χ4v) is 3.15. The highest BCUT2D eigenvalue weighted by Crippen LogP contribution is 2.25. The van der Waals surface area contributed by atoms with Crippen LogP contribution >= 0.6 is 11.8 Å². The molecule has 0 N–H and O–H groups in total. The summed E-state index contributed by atoms with van der Waals surface area (Å²) in [6, 6.07) is 9.80. The quantitative estimate of drug-likeness (QED) is 0.519. The third-order valence-electron chi connectivity index (χ3n) is 4.07. The molecule has 0 fully saturated rings. The van der Waals surface area contributed by atoms with E-state index in [0.717, 1.165) is 28.1 Å². The van der Waals surface area contributed by atoms with Gasteiger partial charge < -0.3 is 8.98 Å². The number of thioether (sulfide) groups is 1. The predicted molar refractivity (Wildman–Crippen MR) is 94.4 cm³/mol. The van der Waals surface area contributed by atoms with Gasteiger partial charge in [-0.3, -0.25) is 4.79 Å². The summed E-state index contributed by atoms with van der Waals surface area (Å²) in [5, 5.41) is 8.49. The second-order valence-electron chi connectivity index (χ2n) is 5.80. The molecule has 3 rings (SSSR count). The van der Waals surface area contributed by atoms with E-state index in [0.29, 0.717) is 11.1 Å². The number of hydrogen-bond donors (Lipinski definition) is 0. The van der Waals surface area contributed by atoms with Crippen LogP contribution in [0.25, 0.3) is 11.5 Å². The smallest absolute Gasteiger partial charge is 0.277 e. The average molecular weight is 341 g/mol. The normalized spacial score (nSPS) is 11.0. The zero-order valence-electron chi connectivity index (χ0n) is 14.2. The molecule has 0 spiro atoms. The first-order valence-electron chi connectivity index (χ1n) is 7.65. The molecule has 3 aromatic rings. The van der Waals surface area contributed by atoms with Crippen LogP contribution in [0.1, 0.15) is 27.3 Å². The Morgan fingerprint density at radius 2 is 2.00 bits per heavy atom. The lowest BCUT2D eigenvalue weighted by Crippen LogP contribution is -2.04. The van der Waals surface area contributed by atoms with E-state index in [-0.39, 0.29) is 11.5 Å². The van der Waals surface area contributed by atoms with Crippen molar-refractivity contribution in [3.05, 3.63) is 52.8 Å². The summed E-state index contributed by atoms with van der Waals surface area (Å²) in [5.41, 5.74) is 4.81. The highest BCUT2D eigenvalue weighted by molar-refractivity contribution is 7.99. The van der Waals surface area contributed by atoms with Crippen LogP contribution in [0.2, 0.25) is 0 Å². The van der Waals surface area contributed by atoms with Gasteiger partial charge in [0.1, 0.15) is 0 Å². The molecule has 0 saturated carbocycles. The van der Waals surface area contributed by atoms with Crippen molar-refractivity contribution < 1.29 is 9.21 Å². The fraction of sp³-hybridized carbons (Fsp3) is 0.278. The fourth-order valence-electron chi connectivity index (χ4n) is 2.51. The molecule has 0 aliphatic rings. The van der Waals surface area contributed by atoms with Gasteiger partial charge in [0.2, 0.25) is 5.89 Å². The maximum absolute atomic E-state index is 12.4. The second-order valence-corrected chi connectivity index (χ2v) is 6.72. The molecule has 0 amide bonds. The third kappa shape index (κ3) is 3.28. The number of aromatic nitrogens is 3. The molecule has 2 heterocycles. The van der Waals surface area contributed by atoms with Crippen molar-refractivity contribution in [3.63, 3.8) is 0 Å². The number of aryl methyl sites for hydroxylation is 2. The van der Waals surface area contributed by atoms with Gasteiger partial charge in [0.25, 0.3) is 5.22 Å². The molecule has 2 aromatic heterocycles. The van der Waals surface area contributed by atoms with Crippen molar-refractivity contribution in [2.75, 3.05) is 5.75 Å². The summed E-state index contributed by atoms with van der Waals surface area (Å²) >= 11 is 1.27. The number of hydrogen-bond acceptors (Lipinski definition) is 5. The summed E-state index contributed by atoms with van der Waals surface area (Å²) in [7, 11) is 1.96. The maximum atomic E-state index is 12.4. The van der Waals surface area contributed by atoms with Crippen LogP contribution in [-0.2, 0) is 7.05 Å². The molecule has 0 unspecified atom stereocenters. The van der Waals surface area contributed by atoms with Gasteiger partial charge in [-0.2, -0.15) is 0 Å². The number of nitrogens with zero attached hydrogens (tertiary/aromatic N) is 3. The number of carbonyl (C=O) groups is 1. The Hall–Kier alpha value is -2.34. The molecular weight excluding hydrogens is 322 g/mol. The summed E-state index contributed by atoms with van der Waals surface area (Å²) < 4.78 is 7.67. The van der Waals surface area contributed by atoms with Gasteiger partial charge in [0, 0.05) is 29.6 Å². The molecule has 0 aliphatic carbocycles. The van der Waals surface area contributed by atoms with Crippen LogP contribution in [-0.4, -0.2) is 26.3 Å². The summed E-state index contributed by atoms with van der Waals surface area (Å²) in [4.78, 5) is 12.4. The van der Waals surface area contributed by atoms with Crippen molar-refractivity contribution in [2.45, 2.75) is 26.0 Å². The monoisotopic (exact) mass is 341 g/mol. The topological polar surface area (TPSA) is 60.9 Å². The molecule has 0 radical (unpaired) electrons. The first kappa shape index (κ1) is 16.5. The summed E-state index contributed by atoms with van der Waals surface area (Å²) in [5.74, 6) is 0.816. The standard InChI is InChI=1S/C18H19N3O2S/c1-11-6-5-7-14(8-11)17-19-20-18(23-17)24-10-16(22)15-9-12(2)21(4)13(15)3/h5-9H,10H2,1-4H3. The number of Topliss-reactive ketones (excluding diaryl/α,β-unsaturated/α-hetero) is 1.